The zero-order valence-electron chi connectivity index (χ0n) is 5.88. The van der Waals surface area contributed by atoms with E-state index < -0.39 is 0 Å². The average Bonchev–Trinajstić information content (AvgIpc) is 2.46. The summed E-state index contributed by atoms with van der Waals surface area (Å²) in [6, 6.07) is 0.870. The van der Waals surface area contributed by atoms with E-state index >= 15 is 0 Å². The van der Waals surface area contributed by atoms with Gasteiger partial charge < -0.3 is 10.6 Å². The molecule has 2 aliphatic rings. The molecule has 1 aliphatic heterocycles. The van der Waals surface area contributed by atoms with Crippen LogP contribution in [-0.4, -0.2) is 31.1 Å². The number of hydrogen-bond donors (Lipinski definition) is 1. The minimum Gasteiger partial charge on any atom is -0.330 e. The van der Waals surface area contributed by atoms with Gasteiger partial charge in [0.1, 0.15) is 0 Å². The highest BCUT2D eigenvalue weighted by molar-refractivity contribution is 5.08. The summed E-state index contributed by atoms with van der Waals surface area (Å²) in [5.74, 6) is 1.82. The first kappa shape index (κ1) is 5.69. The molecule has 2 N–H and O–H groups in total. The molecule has 1 saturated heterocycles. The van der Waals surface area contributed by atoms with Crippen LogP contribution in [0.25, 0.3) is 0 Å². The van der Waals surface area contributed by atoms with Crippen molar-refractivity contribution in [3.05, 3.63) is 0 Å². The lowest BCUT2D eigenvalue weighted by Gasteiger charge is -2.10. The molecule has 0 spiro atoms. The normalized spacial score (nSPS) is 49.3. The number of fused-ring (bicyclic) bond motifs is 1. The van der Waals surface area contributed by atoms with Gasteiger partial charge in [-0.05, 0) is 38.4 Å². The van der Waals surface area contributed by atoms with Crippen molar-refractivity contribution in [3.63, 3.8) is 0 Å². The van der Waals surface area contributed by atoms with Crippen molar-refractivity contribution in [1.29, 1.82) is 0 Å². The summed E-state index contributed by atoms with van der Waals surface area (Å²) in [5, 5.41) is 0. The first-order valence-electron chi connectivity index (χ1n) is 3.75. The van der Waals surface area contributed by atoms with Gasteiger partial charge in [-0.25, -0.2) is 0 Å². The van der Waals surface area contributed by atoms with Crippen LogP contribution in [0.5, 0.6) is 0 Å². The molecular formula is C7H14N2. The smallest absolute Gasteiger partial charge is 0.0168 e. The number of piperidine rings is 1. The van der Waals surface area contributed by atoms with E-state index in [9.17, 15) is 0 Å². The number of hydrogen-bond acceptors (Lipinski definition) is 2. The second-order valence-electron chi connectivity index (χ2n) is 3.32. The van der Waals surface area contributed by atoms with E-state index in [4.69, 9.17) is 5.73 Å². The molecule has 2 nitrogen and oxygen atoms in total. The van der Waals surface area contributed by atoms with Crippen molar-refractivity contribution in [2.75, 3.05) is 20.1 Å². The number of rotatable bonds is 1. The van der Waals surface area contributed by atoms with Crippen molar-refractivity contribution in [1.82, 2.24) is 4.90 Å². The molecule has 0 bridgehead atoms. The maximum absolute atomic E-state index is 5.56. The van der Waals surface area contributed by atoms with Crippen LogP contribution in [0.15, 0.2) is 0 Å². The highest BCUT2D eigenvalue weighted by atomic mass is 15.2. The molecule has 1 aliphatic carbocycles. The molecule has 2 heteroatoms. The Hall–Kier alpha value is -0.0800. The van der Waals surface area contributed by atoms with Crippen LogP contribution in [0, 0.1) is 11.8 Å². The Labute approximate surface area is 56.0 Å². The predicted molar refractivity (Wildman–Crippen MR) is 37.1 cm³/mol. The third kappa shape index (κ3) is 0.634. The maximum Gasteiger partial charge on any atom is 0.0168 e. The SMILES string of the molecule is CN1CC[C@@H]2C(CN)[C@@H]21. The third-order valence-electron chi connectivity index (χ3n) is 2.88. The molecule has 0 aromatic rings. The zero-order chi connectivity index (χ0) is 6.43. The molecule has 9 heavy (non-hydrogen) atoms. The highest BCUT2D eigenvalue weighted by Gasteiger charge is 2.54. The van der Waals surface area contributed by atoms with Crippen LogP contribution in [0.3, 0.4) is 0 Å². The molecule has 0 aromatic carbocycles. The Morgan fingerprint density at radius 3 is 2.78 bits per heavy atom. The van der Waals surface area contributed by atoms with Crippen molar-refractivity contribution < 1.29 is 0 Å². The highest BCUT2D eigenvalue weighted by Crippen LogP contribution is 2.48. The standard InChI is InChI=1S/C7H14N2/c1-9-3-2-5-6(4-8)7(5)9/h5-7H,2-4,8H2,1H3/t5-,6?,7-/m1/s1. The largest absolute Gasteiger partial charge is 0.330 e. The van der Waals surface area contributed by atoms with Gasteiger partial charge in [-0.2, -0.15) is 0 Å². The summed E-state index contributed by atoms with van der Waals surface area (Å²) in [5.41, 5.74) is 5.56. The van der Waals surface area contributed by atoms with Crippen molar-refractivity contribution in [3.8, 4) is 0 Å². The van der Waals surface area contributed by atoms with Gasteiger partial charge >= 0.3 is 0 Å². The van der Waals surface area contributed by atoms with Gasteiger partial charge in [0.15, 0.2) is 0 Å². The summed E-state index contributed by atoms with van der Waals surface area (Å²) in [7, 11) is 2.21. The second-order valence-corrected chi connectivity index (χ2v) is 3.32. The van der Waals surface area contributed by atoms with Gasteiger partial charge in [-0.15, -0.1) is 0 Å². The summed E-state index contributed by atoms with van der Waals surface area (Å²) in [6.45, 7) is 2.20. The molecule has 0 radical (unpaired) electrons. The van der Waals surface area contributed by atoms with E-state index in [0.29, 0.717) is 0 Å². The predicted octanol–water partition coefficient (Wildman–Crippen LogP) is -0.105. The lowest BCUT2D eigenvalue weighted by Crippen LogP contribution is -2.22. The second kappa shape index (κ2) is 1.70. The number of nitrogens with zero attached hydrogens (tertiary/aromatic N) is 1. The number of nitrogens with two attached hydrogens (primary N) is 1. The first-order valence-corrected chi connectivity index (χ1v) is 3.75. The topological polar surface area (TPSA) is 29.3 Å². The van der Waals surface area contributed by atoms with E-state index in [1.54, 1.807) is 0 Å². The molecule has 1 heterocycles. The lowest BCUT2D eigenvalue weighted by atomic mass is 10.2. The van der Waals surface area contributed by atoms with Crippen LogP contribution in [0.1, 0.15) is 6.42 Å². The Bertz CT molecular complexity index is 120. The van der Waals surface area contributed by atoms with Gasteiger partial charge in [0, 0.05) is 6.04 Å². The van der Waals surface area contributed by atoms with Gasteiger partial charge in [-0.3, -0.25) is 0 Å². The van der Waals surface area contributed by atoms with Crippen LogP contribution in [0.2, 0.25) is 0 Å². The molecule has 1 unspecified atom stereocenters. The van der Waals surface area contributed by atoms with Crippen LogP contribution in [0.4, 0.5) is 0 Å². The van der Waals surface area contributed by atoms with Crippen LogP contribution in [-0.2, 0) is 0 Å². The fourth-order valence-corrected chi connectivity index (χ4v) is 2.28. The lowest BCUT2D eigenvalue weighted by molar-refractivity contribution is 0.341. The summed E-state index contributed by atoms with van der Waals surface area (Å²) in [6.07, 6.45) is 1.39. The summed E-state index contributed by atoms with van der Waals surface area (Å²) >= 11 is 0. The van der Waals surface area contributed by atoms with E-state index in [-0.39, 0.29) is 0 Å². The molecule has 52 valence electrons. The zero-order valence-corrected chi connectivity index (χ0v) is 5.88. The molecule has 0 amide bonds. The first-order chi connectivity index (χ1) is 4.34. The van der Waals surface area contributed by atoms with Gasteiger partial charge in [-0.1, -0.05) is 0 Å². The van der Waals surface area contributed by atoms with Crippen molar-refractivity contribution >= 4 is 0 Å². The van der Waals surface area contributed by atoms with E-state index in [0.717, 1.165) is 24.4 Å². The number of likely N-dealkylation sites (tertiary alicyclic amines) is 1. The molecular weight excluding hydrogens is 112 g/mol. The molecule has 2 fully saturated rings. The Kier molecular flexibility index (Phi) is 1.08. The van der Waals surface area contributed by atoms with E-state index in [1.807, 2.05) is 0 Å². The van der Waals surface area contributed by atoms with Crippen molar-refractivity contribution in [2.45, 2.75) is 12.5 Å². The maximum atomic E-state index is 5.56. The molecule has 2 rings (SSSR count). The summed E-state index contributed by atoms with van der Waals surface area (Å²) < 4.78 is 0. The van der Waals surface area contributed by atoms with Gasteiger partial charge in [0.05, 0.1) is 0 Å². The Morgan fingerprint density at radius 1 is 1.67 bits per heavy atom. The summed E-state index contributed by atoms with van der Waals surface area (Å²) in [4.78, 5) is 2.45. The van der Waals surface area contributed by atoms with Gasteiger partial charge in [0.25, 0.3) is 0 Å². The van der Waals surface area contributed by atoms with Crippen LogP contribution >= 0.6 is 0 Å². The third-order valence-corrected chi connectivity index (χ3v) is 2.88. The average molecular weight is 126 g/mol. The van der Waals surface area contributed by atoms with Crippen molar-refractivity contribution in [2.24, 2.45) is 17.6 Å². The molecule has 3 atom stereocenters. The molecule has 0 aromatic heterocycles. The van der Waals surface area contributed by atoms with E-state index in [1.165, 1.54) is 13.0 Å². The van der Waals surface area contributed by atoms with Crippen LogP contribution < -0.4 is 5.73 Å². The Morgan fingerprint density at radius 2 is 2.44 bits per heavy atom. The minimum absolute atomic E-state index is 0.851. The van der Waals surface area contributed by atoms with E-state index in [2.05, 4.69) is 11.9 Å². The minimum atomic E-state index is 0.851. The molecule has 1 saturated carbocycles. The van der Waals surface area contributed by atoms with Gasteiger partial charge in [0.2, 0.25) is 0 Å². The fraction of sp³-hybridized carbons (Fsp3) is 1.00. The Balaban J connectivity index is 1.98. The fourth-order valence-electron chi connectivity index (χ4n) is 2.28. The quantitative estimate of drug-likeness (QED) is 0.531. The monoisotopic (exact) mass is 126 g/mol.